The Balaban J connectivity index is 2.55. The lowest BCUT2D eigenvalue weighted by atomic mass is 10.1. The molecule has 0 aliphatic carbocycles. The predicted molar refractivity (Wildman–Crippen MR) is 70.6 cm³/mol. The van der Waals surface area contributed by atoms with Crippen molar-refractivity contribution in [2.45, 2.75) is 20.8 Å². The molecule has 0 bridgehead atoms. The van der Waals surface area contributed by atoms with Gasteiger partial charge in [0.15, 0.2) is 11.6 Å². The minimum atomic E-state index is -0.753. The van der Waals surface area contributed by atoms with Crippen LogP contribution in [-0.2, 0) is 0 Å². The molecule has 0 spiro atoms. The summed E-state index contributed by atoms with van der Waals surface area (Å²) in [6.45, 7) is 4.94. The lowest BCUT2D eigenvalue weighted by molar-refractivity contribution is 0.584. The van der Waals surface area contributed by atoms with Crippen LogP contribution in [0.4, 0.5) is 20.3 Å². The molecular weight excluding hydrogens is 262 g/mol. The number of nitrogens with one attached hydrogen (secondary N) is 1. The third-order valence-electron chi connectivity index (χ3n) is 3.09. The molecule has 1 heterocycles. The van der Waals surface area contributed by atoms with Crippen LogP contribution in [-0.4, -0.2) is 10.2 Å². The van der Waals surface area contributed by atoms with Crippen LogP contribution in [0.3, 0.4) is 0 Å². The molecule has 0 radical (unpaired) electrons. The molecule has 20 heavy (non-hydrogen) atoms. The van der Waals surface area contributed by atoms with E-state index >= 15 is 0 Å². The Kier molecular flexibility index (Phi) is 3.61. The molecule has 0 unspecified atom stereocenters. The third-order valence-corrected chi connectivity index (χ3v) is 3.09. The number of benzene rings is 1. The lowest BCUT2D eigenvalue weighted by Crippen LogP contribution is -2.06. The maximum Gasteiger partial charge on any atom is 0.171 e. The van der Waals surface area contributed by atoms with Crippen LogP contribution < -0.4 is 5.32 Å². The van der Waals surface area contributed by atoms with Crippen molar-refractivity contribution < 1.29 is 8.78 Å². The van der Waals surface area contributed by atoms with Crippen molar-refractivity contribution in [1.29, 1.82) is 5.26 Å². The summed E-state index contributed by atoms with van der Waals surface area (Å²) in [6, 6.07) is 4.46. The van der Waals surface area contributed by atoms with E-state index in [9.17, 15) is 8.78 Å². The second-order valence-electron chi connectivity index (χ2n) is 4.42. The second-order valence-corrected chi connectivity index (χ2v) is 4.42. The third kappa shape index (κ3) is 2.30. The van der Waals surface area contributed by atoms with Gasteiger partial charge in [0.1, 0.15) is 23.1 Å². The molecule has 2 rings (SSSR count). The minimum absolute atomic E-state index is 0.0407. The van der Waals surface area contributed by atoms with Gasteiger partial charge >= 0.3 is 0 Å². The van der Waals surface area contributed by atoms with Gasteiger partial charge in [-0.1, -0.05) is 6.07 Å². The second kappa shape index (κ2) is 5.21. The van der Waals surface area contributed by atoms with E-state index in [0.29, 0.717) is 16.8 Å². The lowest BCUT2D eigenvalue weighted by Gasteiger charge is -2.12. The van der Waals surface area contributed by atoms with Gasteiger partial charge in [-0.25, -0.2) is 8.78 Å². The molecule has 102 valence electrons. The van der Waals surface area contributed by atoms with Crippen LogP contribution in [0, 0.1) is 43.7 Å². The first kappa shape index (κ1) is 13.9. The topological polar surface area (TPSA) is 61.6 Å². The number of halogens is 2. The van der Waals surface area contributed by atoms with Crippen molar-refractivity contribution in [3.63, 3.8) is 0 Å². The molecular formula is C14H12F2N4. The standard InChI is InChI=1S/C14H12F2N4/c1-7-4-5-11(15)13(12(7)16)18-14-10(6-17)8(2)9(3)19-20-14/h4-5H,1-3H3,(H,18,20). The Morgan fingerprint density at radius 2 is 1.85 bits per heavy atom. The molecule has 0 amide bonds. The van der Waals surface area contributed by atoms with E-state index in [-0.39, 0.29) is 17.1 Å². The van der Waals surface area contributed by atoms with Crippen molar-refractivity contribution >= 4 is 11.5 Å². The molecule has 1 aromatic carbocycles. The van der Waals surface area contributed by atoms with Crippen molar-refractivity contribution in [3.8, 4) is 6.07 Å². The van der Waals surface area contributed by atoms with Crippen LogP contribution in [0.2, 0.25) is 0 Å². The maximum absolute atomic E-state index is 13.9. The first-order valence-electron chi connectivity index (χ1n) is 5.91. The van der Waals surface area contributed by atoms with E-state index in [2.05, 4.69) is 15.5 Å². The molecule has 1 aromatic heterocycles. The number of nitriles is 1. The van der Waals surface area contributed by atoms with Gasteiger partial charge in [-0.05, 0) is 38.0 Å². The monoisotopic (exact) mass is 274 g/mol. The Hall–Kier alpha value is -2.55. The number of aromatic nitrogens is 2. The first-order chi connectivity index (χ1) is 9.45. The van der Waals surface area contributed by atoms with E-state index in [4.69, 9.17) is 5.26 Å². The zero-order valence-corrected chi connectivity index (χ0v) is 11.3. The van der Waals surface area contributed by atoms with Gasteiger partial charge in [-0.2, -0.15) is 10.4 Å². The maximum atomic E-state index is 13.9. The van der Waals surface area contributed by atoms with Crippen LogP contribution in [0.25, 0.3) is 0 Å². The molecule has 0 aliphatic heterocycles. The van der Waals surface area contributed by atoms with Crippen LogP contribution in [0.5, 0.6) is 0 Å². The van der Waals surface area contributed by atoms with Gasteiger partial charge in [-0.3, -0.25) is 0 Å². The Labute approximate surface area is 115 Å². The quantitative estimate of drug-likeness (QED) is 0.912. The summed E-state index contributed by atoms with van der Waals surface area (Å²) in [5, 5.41) is 19.3. The van der Waals surface area contributed by atoms with Crippen LogP contribution in [0.15, 0.2) is 12.1 Å². The number of aryl methyl sites for hydroxylation is 2. The van der Waals surface area contributed by atoms with E-state index in [0.717, 1.165) is 6.07 Å². The zero-order chi connectivity index (χ0) is 14.9. The fourth-order valence-electron chi connectivity index (χ4n) is 1.72. The van der Waals surface area contributed by atoms with Crippen molar-refractivity contribution in [1.82, 2.24) is 10.2 Å². The molecule has 4 nitrogen and oxygen atoms in total. The number of rotatable bonds is 2. The Morgan fingerprint density at radius 3 is 2.50 bits per heavy atom. The highest BCUT2D eigenvalue weighted by Crippen LogP contribution is 2.27. The molecule has 6 heteroatoms. The summed E-state index contributed by atoms with van der Waals surface area (Å²) in [6.07, 6.45) is 0. The smallest absolute Gasteiger partial charge is 0.171 e. The van der Waals surface area contributed by atoms with Gasteiger partial charge in [0.05, 0.1) is 5.69 Å². The molecule has 0 saturated heterocycles. The number of hydrogen-bond acceptors (Lipinski definition) is 4. The van der Waals surface area contributed by atoms with Gasteiger partial charge in [-0.15, -0.1) is 5.10 Å². The average molecular weight is 274 g/mol. The van der Waals surface area contributed by atoms with Gasteiger partial charge in [0, 0.05) is 0 Å². The highest BCUT2D eigenvalue weighted by atomic mass is 19.1. The molecule has 0 atom stereocenters. The molecule has 0 saturated carbocycles. The van der Waals surface area contributed by atoms with Crippen molar-refractivity contribution in [3.05, 3.63) is 46.2 Å². The highest BCUT2D eigenvalue weighted by molar-refractivity contribution is 5.65. The van der Waals surface area contributed by atoms with Gasteiger partial charge in [0.2, 0.25) is 0 Å². The largest absolute Gasteiger partial charge is 0.333 e. The predicted octanol–water partition coefficient (Wildman–Crippen LogP) is 3.30. The van der Waals surface area contributed by atoms with Crippen LogP contribution in [0.1, 0.15) is 22.4 Å². The number of anilines is 2. The Morgan fingerprint density at radius 1 is 1.15 bits per heavy atom. The van der Waals surface area contributed by atoms with Crippen molar-refractivity contribution in [2.24, 2.45) is 0 Å². The molecule has 1 N–H and O–H groups in total. The summed E-state index contributed by atoms with van der Waals surface area (Å²) in [4.78, 5) is 0. The fourth-order valence-corrected chi connectivity index (χ4v) is 1.72. The minimum Gasteiger partial charge on any atom is -0.333 e. The zero-order valence-electron chi connectivity index (χ0n) is 11.3. The SMILES string of the molecule is Cc1ccc(F)c(Nc2nnc(C)c(C)c2C#N)c1F. The summed E-state index contributed by atoms with van der Waals surface area (Å²) < 4.78 is 27.6. The average Bonchev–Trinajstić information content (AvgIpc) is 2.43. The summed E-state index contributed by atoms with van der Waals surface area (Å²) in [5.41, 5.74) is 1.40. The summed E-state index contributed by atoms with van der Waals surface area (Å²) in [5.74, 6) is -1.43. The summed E-state index contributed by atoms with van der Waals surface area (Å²) >= 11 is 0. The normalized spacial score (nSPS) is 10.2. The van der Waals surface area contributed by atoms with E-state index in [1.54, 1.807) is 13.8 Å². The molecule has 2 aromatic rings. The Bertz CT molecular complexity index is 720. The highest BCUT2D eigenvalue weighted by Gasteiger charge is 2.16. The van der Waals surface area contributed by atoms with E-state index in [1.165, 1.54) is 13.0 Å². The number of hydrogen-bond donors (Lipinski definition) is 1. The van der Waals surface area contributed by atoms with Gasteiger partial charge < -0.3 is 5.32 Å². The van der Waals surface area contributed by atoms with Crippen molar-refractivity contribution in [2.75, 3.05) is 5.32 Å². The van der Waals surface area contributed by atoms with Crippen LogP contribution >= 0.6 is 0 Å². The first-order valence-corrected chi connectivity index (χ1v) is 5.91. The van der Waals surface area contributed by atoms with E-state index in [1.807, 2.05) is 6.07 Å². The molecule has 0 fully saturated rings. The van der Waals surface area contributed by atoms with E-state index < -0.39 is 11.6 Å². The summed E-state index contributed by atoms with van der Waals surface area (Å²) in [7, 11) is 0. The molecule has 0 aliphatic rings. The fraction of sp³-hybridized carbons (Fsp3) is 0.214. The number of nitrogens with zero attached hydrogens (tertiary/aromatic N) is 3. The van der Waals surface area contributed by atoms with Gasteiger partial charge in [0.25, 0.3) is 0 Å².